The molecule has 4 rings (SSSR count). The predicted octanol–water partition coefficient (Wildman–Crippen LogP) is 3.68. The minimum absolute atomic E-state index is 0.0430. The summed E-state index contributed by atoms with van der Waals surface area (Å²) in [5.74, 6) is -0.996. The number of benzene rings is 1. The summed E-state index contributed by atoms with van der Waals surface area (Å²) in [6.07, 6.45) is -5.89. The Labute approximate surface area is 203 Å². The second kappa shape index (κ2) is 8.95. The minimum atomic E-state index is -4.71. The van der Waals surface area contributed by atoms with Crippen molar-refractivity contribution in [3.63, 3.8) is 0 Å². The van der Waals surface area contributed by atoms with Gasteiger partial charge in [-0.25, -0.2) is 18.7 Å². The van der Waals surface area contributed by atoms with Crippen molar-refractivity contribution in [1.82, 2.24) is 24.8 Å². The number of ether oxygens (including phenoxy) is 1. The second-order valence-electron chi connectivity index (χ2n) is 9.41. The molecule has 2 amide bonds. The lowest BCUT2D eigenvalue weighted by Gasteiger charge is -2.24. The van der Waals surface area contributed by atoms with Gasteiger partial charge < -0.3 is 20.7 Å². The molecular formula is C23H24F4N6O3. The molecule has 36 heavy (non-hydrogen) atoms. The lowest BCUT2D eigenvalue weighted by molar-refractivity contribution is -0.136. The van der Waals surface area contributed by atoms with Crippen LogP contribution in [0.1, 0.15) is 36.7 Å². The number of fused-ring (bicyclic) bond motifs is 1. The Hall–Kier alpha value is -3.90. The van der Waals surface area contributed by atoms with Crippen LogP contribution >= 0.6 is 0 Å². The molecule has 192 valence electrons. The first kappa shape index (κ1) is 25.2. The lowest BCUT2D eigenvalue weighted by atomic mass is 10.1. The van der Waals surface area contributed by atoms with E-state index in [-0.39, 0.29) is 35.7 Å². The fraction of sp³-hybridized carbons (Fsp3) is 0.391. The molecule has 2 aromatic heterocycles. The number of amides is 2. The van der Waals surface area contributed by atoms with Crippen LogP contribution in [0.4, 0.5) is 28.2 Å². The number of hydrogen-bond donors (Lipinski definition) is 2. The first-order chi connectivity index (χ1) is 16.7. The van der Waals surface area contributed by atoms with Crippen molar-refractivity contribution in [2.24, 2.45) is 0 Å². The molecule has 1 fully saturated rings. The number of aromatic nitrogens is 3. The van der Waals surface area contributed by atoms with Crippen molar-refractivity contribution in [3.05, 3.63) is 47.8 Å². The molecule has 3 aromatic rings. The number of likely N-dealkylation sites (tertiary alicyclic amines) is 1. The highest BCUT2D eigenvalue weighted by atomic mass is 19.4. The maximum Gasteiger partial charge on any atom is 0.418 e. The lowest BCUT2D eigenvalue weighted by Crippen LogP contribution is -2.42. The highest BCUT2D eigenvalue weighted by Gasteiger charge is 2.39. The summed E-state index contributed by atoms with van der Waals surface area (Å²) in [6.45, 7) is 4.73. The van der Waals surface area contributed by atoms with Gasteiger partial charge in [-0.05, 0) is 39.0 Å². The molecule has 1 aromatic carbocycles. The molecule has 0 bridgehead atoms. The van der Waals surface area contributed by atoms with Gasteiger partial charge in [0.2, 0.25) is 0 Å². The van der Waals surface area contributed by atoms with Crippen molar-refractivity contribution < 1.29 is 31.9 Å². The number of halogens is 4. The fourth-order valence-electron chi connectivity index (χ4n) is 3.94. The third kappa shape index (κ3) is 5.04. The number of nitrogens with two attached hydrogens (primary N) is 1. The van der Waals surface area contributed by atoms with Gasteiger partial charge in [-0.2, -0.15) is 18.3 Å². The van der Waals surface area contributed by atoms with E-state index >= 15 is 0 Å². The molecule has 0 saturated carbocycles. The van der Waals surface area contributed by atoms with Gasteiger partial charge in [0, 0.05) is 17.7 Å². The molecular weight excluding hydrogens is 484 g/mol. The molecule has 0 spiro atoms. The summed E-state index contributed by atoms with van der Waals surface area (Å²) in [6, 6.07) is 5.70. The number of anilines is 1. The largest absolute Gasteiger partial charge is 0.444 e. The number of nitrogen functional groups attached to an aromatic ring is 1. The zero-order chi connectivity index (χ0) is 26.4. The molecule has 3 N–H and O–H groups in total. The van der Waals surface area contributed by atoms with E-state index in [0.29, 0.717) is 0 Å². The molecule has 2 atom stereocenters. The van der Waals surface area contributed by atoms with Crippen LogP contribution < -0.4 is 11.1 Å². The van der Waals surface area contributed by atoms with Gasteiger partial charge in [0.1, 0.15) is 23.6 Å². The first-order valence-electron chi connectivity index (χ1n) is 11.0. The topological polar surface area (TPSA) is 115 Å². The number of carbonyl (C=O) groups excluding carboxylic acids is 2. The standard InChI is InChI=1S/C23H24F4N6O3/c1-22(2,3)36-21(35)32-9-15(24)16(10-32)31-20(34)13-6-4-5-12(7-13)17-8-14(23(25,26)27)18-19(28)29-11-30-33(17)18/h4-8,11,15-16H,9-10H2,1-3H3,(H,31,34)(H2,28,29,30)/t15-,16?/m0/s1. The molecule has 1 aliphatic heterocycles. The molecule has 1 unspecified atom stereocenters. The van der Waals surface area contributed by atoms with Crippen LogP contribution in [0.25, 0.3) is 16.8 Å². The van der Waals surface area contributed by atoms with Crippen LogP contribution in [-0.4, -0.2) is 62.4 Å². The Morgan fingerprint density at radius 3 is 2.56 bits per heavy atom. The maximum atomic E-state index is 14.6. The van der Waals surface area contributed by atoms with Gasteiger partial charge in [-0.1, -0.05) is 12.1 Å². The van der Waals surface area contributed by atoms with Crippen molar-refractivity contribution in [1.29, 1.82) is 0 Å². The van der Waals surface area contributed by atoms with Gasteiger partial charge in [0.15, 0.2) is 5.82 Å². The van der Waals surface area contributed by atoms with Crippen LogP contribution in [0.15, 0.2) is 36.7 Å². The maximum absolute atomic E-state index is 14.6. The number of rotatable bonds is 3. The number of hydrogen-bond acceptors (Lipinski definition) is 6. The quantitative estimate of drug-likeness (QED) is 0.522. The average molecular weight is 508 g/mol. The molecule has 3 heterocycles. The summed E-state index contributed by atoms with van der Waals surface area (Å²) in [4.78, 5) is 29.9. The van der Waals surface area contributed by atoms with Gasteiger partial charge in [0.05, 0.1) is 23.8 Å². The van der Waals surface area contributed by atoms with Crippen LogP contribution in [0, 0.1) is 0 Å². The Balaban J connectivity index is 1.57. The molecule has 13 heteroatoms. The third-order valence-corrected chi connectivity index (χ3v) is 5.53. The van der Waals surface area contributed by atoms with Crippen molar-refractivity contribution in [2.75, 3.05) is 18.8 Å². The molecule has 0 radical (unpaired) electrons. The van der Waals surface area contributed by atoms with E-state index in [0.717, 1.165) is 16.9 Å². The summed E-state index contributed by atoms with van der Waals surface area (Å²) in [5.41, 5.74) is 3.90. The molecule has 1 saturated heterocycles. The highest BCUT2D eigenvalue weighted by molar-refractivity contribution is 5.96. The Morgan fingerprint density at radius 2 is 1.89 bits per heavy atom. The van der Waals surface area contributed by atoms with E-state index in [2.05, 4.69) is 15.4 Å². The van der Waals surface area contributed by atoms with Crippen molar-refractivity contribution in [3.8, 4) is 11.3 Å². The summed E-state index contributed by atoms with van der Waals surface area (Å²) < 4.78 is 61.7. The number of alkyl halides is 4. The summed E-state index contributed by atoms with van der Waals surface area (Å²) in [7, 11) is 0. The zero-order valence-corrected chi connectivity index (χ0v) is 19.6. The second-order valence-corrected chi connectivity index (χ2v) is 9.41. The van der Waals surface area contributed by atoms with Crippen LogP contribution in [0.5, 0.6) is 0 Å². The molecule has 9 nitrogen and oxygen atoms in total. The Morgan fingerprint density at radius 1 is 1.17 bits per heavy atom. The number of nitrogens with one attached hydrogen (secondary N) is 1. The van der Waals surface area contributed by atoms with Crippen molar-refractivity contribution >= 4 is 23.3 Å². The van der Waals surface area contributed by atoms with E-state index in [4.69, 9.17) is 10.5 Å². The average Bonchev–Trinajstić information content (AvgIpc) is 3.35. The third-order valence-electron chi connectivity index (χ3n) is 5.53. The minimum Gasteiger partial charge on any atom is -0.444 e. The van der Waals surface area contributed by atoms with Crippen LogP contribution in [-0.2, 0) is 10.9 Å². The van der Waals surface area contributed by atoms with E-state index in [9.17, 15) is 27.2 Å². The van der Waals surface area contributed by atoms with E-state index in [1.165, 1.54) is 29.2 Å². The van der Waals surface area contributed by atoms with E-state index in [1.807, 2.05) is 0 Å². The van der Waals surface area contributed by atoms with E-state index in [1.54, 1.807) is 20.8 Å². The number of nitrogens with zero attached hydrogens (tertiary/aromatic N) is 4. The fourth-order valence-corrected chi connectivity index (χ4v) is 3.94. The SMILES string of the molecule is CC(C)(C)OC(=O)N1CC(NC(=O)c2cccc(-c3cc(C(F)(F)F)c4c(N)ncnn34)c2)[C@@H](F)C1. The highest BCUT2D eigenvalue weighted by Crippen LogP contribution is 2.38. The monoisotopic (exact) mass is 508 g/mol. The van der Waals surface area contributed by atoms with Gasteiger partial charge in [0.25, 0.3) is 5.91 Å². The zero-order valence-electron chi connectivity index (χ0n) is 19.6. The van der Waals surface area contributed by atoms with Gasteiger partial charge in [-0.3, -0.25) is 4.79 Å². The Bertz CT molecular complexity index is 1320. The Kier molecular flexibility index (Phi) is 6.27. The summed E-state index contributed by atoms with van der Waals surface area (Å²) >= 11 is 0. The van der Waals surface area contributed by atoms with Crippen molar-refractivity contribution in [2.45, 2.75) is 44.8 Å². The van der Waals surface area contributed by atoms with E-state index < -0.39 is 47.1 Å². The molecule has 0 aliphatic carbocycles. The molecule has 1 aliphatic rings. The number of carbonyl (C=O) groups is 2. The first-order valence-corrected chi connectivity index (χ1v) is 11.0. The van der Waals surface area contributed by atoms with Gasteiger partial charge in [-0.15, -0.1) is 0 Å². The van der Waals surface area contributed by atoms with Crippen LogP contribution in [0.3, 0.4) is 0 Å². The normalized spacial score (nSPS) is 18.5. The smallest absolute Gasteiger partial charge is 0.418 e. The summed E-state index contributed by atoms with van der Waals surface area (Å²) in [5, 5.41) is 6.45. The van der Waals surface area contributed by atoms with Crippen LogP contribution in [0.2, 0.25) is 0 Å². The van der Waals surface area contributed by atoms with Gasteiger partial charge >= 0.3 is 12.3 Å². The predicted molar refractivity (Wildman–Crippen MR) is 122 cm³/mol.